The summed E-state index contributed by atoms with van der Waals surface area (Å²) in [6.07, 6.45) is 3.36. The van der Waals surface area contributed by atoms with Crippen molar-refractivity contribution in [3.8, 4) is 0 Å². The molecular formula is C19H19N7O2. The minimum Gasteiger partial charge on any atom is -0.378 e. The zero-order chi connectivity index (χ0) is 19.1. The molecule has 0 radical (unpaired) electrons. The standard InChI is InChI=1S/C19H19N7O2/c1-28-10-12-9-16(26-19(22-12)20-11-21-26)25-8-4-7-15(25)17-23-14-6-3-2-5-13(14)18(27)24-17/h2-3,5-6,9,11,15H,4,7-8,10H2,1H3,(H,23,24,27). The van der Waals surface area contributed by atoms with Crippen molar-refractivity contribution in [1.82, 2.24) is 29.5 Å². The molecule has 28 heavy (non-hydrogen) atoms. The number of hydrogen-bond acceptors (Lipinski definition) is 7. The maximum atomic E-state index is 12.5. The second-order valence-corrected chi connectivity index (χ2v) is 6.83. The molecule has 0 bridgehead atoms. The van der Waals surface area contributed by atoms with Crippen LogP contribution in [0.5, 0.6) is 0 Å². The van der Waals surface area contributed by atoms with Crippen LogP contribution in [-0.4, -0.2) is 43.2 Å². The van der Waals surface area contributed by atoms with Gasteiger partial charge in [-0.15, -0.1) is 0 Å². The molecule has 1 aromatic carbocycles. The van der Waals surface area contributed by atoms with E-state index in [0.717, 1.165) is 30.9 Å². The number of aromatic nitrogens is 6. The zero-order valence-corrected chi connectivity index (χ0v) is 15.4. The number of ether oxygens (including phenoxy) is 1. The summed E-state index contributed by atoms with van der Waals surface area (Å²) < 4.78 is 6.97. The van der Waals surface area contributed by atoms with Gasteiger partial charge in [-0.2, -0.15) is 14.6 Å². The van der Waals surface area contributed by atoms with Crippen LogP contribution in [0.15, 0.2) is 41.5 Å². The SMILES string of the molecule is COCc1cc(N2CCCC2c2nc3ccccc3c(=O)[nH]2)n2ncnc2n1. The highest BCUT2D eigenvalue weighted by atomic mass is 16.5. The van der Waals surface area contributed by atoms with E-state index in [2.05, 4.69) is 25.0 Å². The van der Waals surface area contributed by atoms with Gasteiger partial charge in [0.25, 0.3) is 11.3 Å². The van der Waals surface area contributed by atoms with E-state index in [1.807, 2.05) is 24.3 Å². The van der Waals surface area contributed by atoms with Crippen molar-refractivity contribution in [3.05, 3.63) is 58.5 Å². The van der Waals surface area contributed by atoms with Gasteiger partial charge < -0.3 is 14.6 Å². The first-order chi connectivity index (χ1) is 13.7. The molecule has 1 aliphatic rings. The summed E-state index contributed by atoms with van der Waals surface area (Å²) in [5.41, 5.74) is 1.37. The van der Waals surface area contributed by atoms with Crippen molar-refractivity contribution >= 4 is 22.5 Å². The monoisotopic (exact) mass is 377 g/mol. The minimum absolute atomic E-state index is 0.0532. The highest BCUT2D eigenvalue weighted by Crippen LogP contribution is 2.34. The van der Waals surface area contributed by atoms with E-state index < -0.39 is 0 Å². The smallest absolute Gasteiger partial charge is 0.258 e. The van der Waals surface area contributed by atoms with Crippen molar-refractivity contribution in [1.29, 1.82) is 0 Å². The molecule has 5 rings (SSSR count). The Morgan fingerprint density at radius 2 is 2.18 bits per heavy atom. The molecule has 1 fully saturated rings. The number of fused-ring (bicyclic) bond motifs is 2. The van der Waals surface area contributed by atoms with Gasteiger partial charge in [-0.1, -0.05) is 12.1 Å². The first-order valence-electron chi connectivity index (χ1n) is 9.19. The van der Waals surface area contributed by atoms with Crippen LogP contribution in [0.2, 0.25) is 0 Å². The number of anilines is 1. The Bertz CT molecular complexity index is 1220. The number of aromatic amines is 1. The van der Waals surface area contributed by atoms with Crippen LogP contribution in [0.1, 0.15) is 30.4 Å². The van der Waals surface area contributed by atoms with Gasteiger partial charge in [0, 0.05) is 19.7 Å². The van der Waals surface area contributed by atoms with E-state index in [0.29, 0.717) is 29.1 Å². The predicted octanol–water partition coefficient (Wildman–Crippen LogP) is 1.85. The molecule has 0 spiro atoms. The summed E-state index contributed by atoms with van der Waals surface area (Å²) in [6.45, 7) is 1.21. The summed E-state index contributed by atoms with van der Waals surface area (Å²) in [7, 11) is 1.64. The Labute approximate surface area is 160 Å². The van der Waals surface area contributed by atoms with Crippen molar-refractivity contribution < 1.29 is 4.74 Å². The Hall–Kier alpha value is -3.33. The first-order valence-corrected chi connectivity index (χ1v) is 9.19. The van der Waals surface area contributed by atoms with Crippen LogP contribution in [0, 0.1) is 0 Å². The molecule has 9 heteroatoms. The number of rotatable bonds is 4. The van der Waals surface area contributed by atoms with Crippen LogP contribution in [0.4, 0.5) is 5.82 Å². The van der Waals surface area contributed by atoms with Gasteiger partial charge in [-0.05, 0) is 25.0 Å². The molecule has 1 atom stereocenters. The molecule has 4 aromatic rings. The lowest BCUT2D eigenvalue weighted by molar-refractivity contribution is 0.181. The van der Waals surface area contributed by atoms with Gasteiger partial charge in [0.15, 0.2) is 0 Å². The molecular weight excluding hydrogens is 358 g/mol. The maximum Gasteiger partial charge on any atom is 0.258 e. The molecule has 1 aliphatic heterocycles. The Morgan fingerprint density at radius 3 is 3.07 bits per heavy atom. The van der Waals surface area contributed by atoms with Gasteiger partial charge in [-0.3, -0.25) is 4.79 Å². The minimum atomic E-state index is -0.117. The quantitative estimate of drug-likeness (QED) is 0.579. The number of nitrogens with one attached hydrogen (secondary N) is 1. The molecule has 9 nitrogen and oxygen atoms in total. The largest absolute Gasteiger partial charge is 0.378 e. The number of H-pyrrole nitrogens is 1. The molecule has 0 aliphatic carbocycles. The van der Waals surface area contributed by atoms with E-state index in [1.54, 1.807) is 17.7 Å². The van der Waals surface area contributed by atoms with Crippen molar-refractivity contribution in [2.45, 2.75) is 25.5 Å². The molecule has 0 amide bonds. The van der Waals surface area contributed by atoms with E-state index in [4.69, 9.17) is 9.72 Å². The molecule has 0 saturated carbocycles. The van der Waals surface area contributed by atoms with Gasteiger partial charge in [0.2, 0.25) is 0 Å². The molecule has 4 heterocycles. The Kier molecular flexibility index (Phi) is 4.01. The van der Waals surface area contributed by atoms with Gasteiger partial charge >= 0.3 is 0 Å². The molecule has 142 valence electrons. The fourth-order valence-corrected chi connectivity index (χ4v) is 3.86. The van der Waals surface area contributed by atoms with Crippen LogP contribution in [0.25, 0.3) is 16.7 Å². The fourth-order valence-electron chi connectivity index (χ4n) is 3.86. The summed E-state index contributed by atoms with van der Waals surface area (Å²) in [6, 6.07) is 9.30. The van der Waals surface area contributed by atoms with Crippen molar-refractivity contribution in [2.75, 3.05) is 18.6 Å². The Morgan fingerprint density at radius 1 is 1.29 bits per heavy atom. The normalized spacial score (nSPS) is 17.0. The lowest BCUT2D eigenvalue weighted by Crippen LogP contribution is -2.28. The van der Waals surface area contributed by atoms with Crippen LogP contribution >= 0.6 is 0 Å². The molecule has 3 aromatic heterocycles. The second kappa shape index (κ2) is 6.68. The zero-order valence-electron chi connectivity index (χ0n) is 15.4. The van der Waals surface area contributed by atoms with Crippen LogP contribution in [0.3, 0.4) is 0 Å². The van der Waals surface area contributed by atoms with Crippen LogP contribution < -0.4 is 10.5 Å². The fraction of sp³-hybridized carbons (Fsp3) is 0.316. The van der Waals surface area contributed by atoms with Crippen LogP contribution in [-0.2, 0) is 11.3 Å². The van der Waals surface area contributed by atoms with E-state index in [1.165, 1.54) is 6.33 Å². The first kappa shape index (κ1) is 16.8. The molecule has 1 unspecified atom stereocenters. The van der Waals surface area contributed by atoms with E-state index in [9.17, 15) is 4.79 Å². The molecule has 1 N–H and O–H groups in total. The summed E-state index contributed by atoms with van der Waals surface area (Å²) >= 11 is 0. The third-order valence-electron chi connectivity index (χ3n) is 5.07. The third kappa shape index (κ3) is 2.71. The average molecular weight is 377 g/mol. The highest BCUT2D eigenvalue weighted by Gasteiger charge is 2.31. The third-order valence-corrected chi connectivity index (χ3v) is 5.07. The summed E-state index contributed by atoms with van der Waals surface area (Å²) in [5.74, 6) is 2.06. The highest BCUT2D eigenvalue weighted by molar-refractivity contribution is 5.77. The van der Waals surface area contributed by atoms with Gasteiger partial charge in [0.1, 0.15) is 18.0 Å². The van der Waals surface area contributed by atoms with Crippen molar-refractivity contribution in [2.24, 2.45) is 0 Å². The van der Waals surface area contributed by atoms with Crippen molar-refractivity contribution in [3.63, 3.8) is 0 Å². The summed E-state index contributed by atoms with van der Waals surface area (Å²) in [5, 5.41) is 4.93. The summed E-state index contributed by atoms with van der Waals surface area (Å²) in [4.78, 5) is 31.2. The number of hydrogen-bond donors (Lipinski definition) is 1. The number of nitrogens with zero attached hydrogens (tertiary/aromatic N) is 6. The molecule has 1 saturated heterocycles. The number of para-hydroxylation sites is 1. The van der Waals surface area contributed by atoms with E-state index in [-0.39, 0.29) is 11.6 Å². The lowest BCUT2D eigenvalue weighted by Gasteiger charge is -2.26. The maximum absolute atomic E-state index is 12.5. The number of methoxy groups -OCH3 is 1. The van der Waals surface area contributed by atoms with Gasteiger partial charge in [0.05, 0.1) is 29.2 Å². The average Bonchev–Trinajstić information content (AvgIpc) is 3.37. The lowest BCUT2D eigenvalue weighted by atomic mass is 10.2. The number of benzene rings is 1. The predicted molar refractivity (Wildman–Crippen MR) is 103 cm³/mol. The van der Waals surface area contributed by atoms with E-state index >= 15 is 0 Å². The second-order valence-electron chi connectivity index (χ2n) is 6.83. The topological polar surface area (TPSA) is 101 Å². The Balaban J connectivity index is 1.63. The van der Waals surface area contributed by atoms with Gasteiger partial charge in [-0.25, -0.2) is 9.97 Å².